The van der Waals surface area contributed by atoms with E-state index in [1.807, 2.05) is 6.08 Å². The van der Waals surface area contributed by atoms with Gasteiger partial charge in [-0.1, -0.05) is 179 Å². The molecule has 53 heavy (non-hydrogen) atoms. The zero-order valence-electron chi connectivity index (χ0n) is 35.0. The van der Waals surface area contributed by atoms with E-state index < -0.39 is 6.10 Å². The van der Waals surface area contributed by atoms with Gasteiger partial charge in [-0.15, -0.1) is 0 Å². The van der Waals surface area contributed by atoms with Gasteiger partial charge in [0.05, 0.1) is 0 Å². The lowest BCUT2D eigenvalue weighted by Gasteiger charge is -2.18. The van der Waals surface area contributed by atoms with Crippen LogP contribution in [0.1, 0.15) is 226 Å². The van der Waals surface area contributed by atoms with Crippen molar-refractivity contribution in [1.82, 2.24) is 0 Å². The molecule has 0 heterocycles. The molecule has 6 nitrogen and oxygen atoms in total. The monoisotopic (exact) mass is 745 g/mol. The van der Waals surface area contributed by atoms with Gasteiger partial charge in [0.15, 0.2) is 6.10 Å². The number of hydrogen-bond acceptors (Lipinski definition) is 6. The normalized spacial score (nSPS) is 12.3. The molecule has 1 atom stereocenters. The van der Waals surface area contributed by atoms with E-state index in [1.165, 1.54) is 116 Å². The maximum Gasteiger partial charge on any atom is 0.306 e. The van der Waals surface area contributed by atoms with Gasteiger partial charge in [-0.3, -0.25) is 14.4 Å². The third kappa shape index (κ3) is 40.6. The molecule has 0 spiro atoms. The van der Waals surface area contributed by atoms with Crippen LogP contribution in [0.2, 0.25) is 0 Å². The summed E-state index contributed by atoms with van der Waals surface area (Å²) in [5, 5.41) is 0. The Labute approximate surface area is 327 Å². The van der Waals surface area contributed by atoms with Gasteiger partial charge in [-0.25, -0.2) is 0 Å². The molecule has 6 heteroatoms. The largest absolute Gasteiger partial charge is 0.462 e. The SMILES string of the molecule is CCCCC/C=C\CCCCCCCC(=O)OC(COC(=O)CC/C=C\C/C=C\CCCCCCCC)COC(=O)CCCCCCCCCCCC. The molecular weight excluding hydrogens is 661 g/mol. The van der Waals surface area contributed by atoms with Crippen LogP contribution in [0, 0.1) is 0 Å². The number of ether oxygens (including phenoxy) is 3. The van der Waals surface area contributed by atoms with E-state index in [-0.39, 0.29) is 37.5 Å². The van der Waals surface area contributed by atoms with Crippen molar-refractivity contribution in [2.75, 3.05) is 13.2 Å². The molecule has 0 aliphatic carbocycles. The second kappa shape index (κ2) is 42.4. The highest BCUT2D eigenvalue weighted by Crippen LogP contribution is 2.13. The average Bonchev–Trinajstić information content (AvgIpc) is 3.15. The van der Waals surface area contributed by atoms with Gasteiger partial charge in [0.2, 0.25) is 0 Å². The Kier molecular flexibility index (Phi) is 40.5. The summed E-state index contributed by atoms with van der Waals surface area (Å²) in [6, 6.07) is 0. The molecule has 0 N–H and O–H groups in total. The number of unbranched alkanes of at least 4 members (excludes halogenated alkanes) is 23. The first kappa shape index (κ1) is 50.6. The van der Waals surface area contributed by atoms with Crippen LogP contribution < -0.4 is 0 Å². The van der Waals surface area contributed by atoms with Crippen molar-refractivity contribution >= 4 is 17.9 Å². The van der Waals surface area contributed by atoms with Crippen molar-refractivity contribution in [2.45, 2.75) is 232 Å². The molecule has 0 radical (unpaired) electrons. The van der Waals surface area contributed by atoms with Crippen LogP contribution in [0.3, 0.4) is 0 Å². The first-order chi connectivity index (χ1) is 26.0. The molecule has 308 valence electrons. The van der Waals surface area contributed by atoms with E-state index in [0.717, 1.165) is 64.2 Å². The van der Waals surface area contributed by atoms with Crippen molar-refractivity contribution in [1.29, 1.82) is 0 Å². The number of allylic oxidation sites excluding steroid dienone is 6. The molecule has 0 bridgehead atoms. The van der Waals surface area contributed by atoms with Crippen LogP contribution in [0.25, 0.3) is 0 Å². The summed E-state index contributed by atoms with van der Waals surface area (Å²) in [7, 11) is 0. The molecule has 0 fully saturated rings. The fourth-order valence-corrected chi connectivity index (χ4v) is 6.19. The fourth-order valence-electron chi connectivity index (χ4n) is 6.19. The van der Waals surface area contributed by atoms with Crippen LogP contribution in [-0.2, 0) is 28.6 Å². The summed E-state index contributed by atoms with van der Waals surface area (Å²) in [4.78, 5) is 37.6. The standard InChI is InChI=1S/C47H84O6/c1-4-7-10-13-16-19-22-24-26-28-31-34-37-40-46(49)52-43-44(42-51-45(48)39-36-33-30-27-21-18-15-12-9-6-3)53-47(50)41-38-35-32-29-25-23-20-17-14-11-8-5-2/h17,20,24,26,31,34,44H,4-16,18-19,21-23,25,27-30,32-33,35-43H2,1-3H3/b20-17-,26-24-,34-31-. The van der Waals surface area contributed by atoms with Crippen LogP contribution in [0.5, 0.6) is 0 Å². The van der Waals surface area contributed by atoms with Crippen molar-refractivity contribution in [3.05, 3.63) is 36.5 Å². The minimum absolute atomic E-state index is 0.0907. The minimum Gasteiger partial charge on any atom is -0.462 e. The summed E-state index contributed by atoms with van der Waals surface area (Å²) >= 11 is 0. The van der Waals surface area contributed by atoms with Gasteiger partial charge in [-0.05, 0) is 64.2 Å². The zero-order valence-corrected chi connectivity index (χ0v) is 35.0. The molecule has 0 amide bonds. The van der Waals surface area contributed by atoms with E-state index in [4.69, 9.17) is 14.2 Å². The number of carbonyl (C=O) groups is 3. The van der Waals surface area contributed by atoms with Crippen molar-refractivity contribution < 1.29 is 28.6 Å². The van der Waals surface area contributed by atoms with Crippen LogP contribution in [0.15, 0.2) is 36.5 Å². The molecule has 0 saturated carbocycles. The predicted molar refractivity (Wildman–Crippen MR) is 224 cm³/mol. The van der Waals surface area contributed by atoms with Gasteiger partial charge in [0, 0.05) is 19.3 Å². The summed E-state index contributed by atoms with van der Waals surface area (Å²) in [5.74, 6) is -0.972. The van der Waals surface area contributed by atoms with Gasteiger partial charge < -0.3 is 14.2 Å². The second-order valence-corrected chi connectivity index (χ2v) is 15.0. The number of hydrogen-bond donors (Lipinski definition) is 0. The van der Waals surface area contributed by atoms with Gasteiger partial charge in [0.25, 0.3) is 0 Å². The summed E-state index contributed by atoms with van der Waals surface area (Å²) in [6.07, 6.45) is 47.1. The topological polar surface area (TPSA) is 78.9 Å². The molecule has 1 unspecified atom stereocenters. The van der Waals surface area contributed by atoms with E-state index in [1.54, 1.807) is 0 Å². The third-order valence-electron chi connectivity index (χ3n) is 9.63. The maximum atomic E-state index is 12.7. The minimum atomic E-state index is -0.792. The van der Waals surface area contributed by atoms with Gasteiger partial charge >= 0.3 is 17.9 Å². The molecule has 0 rings (SSSR count). The summed E-state index contributed by atoms with van der Waals surface area (Å²) in [6.45, 7) is 6.52. The smallest absolute Gasteiger partial charge is 0.306 e. The lowest BCUT2D eigenvalue weighted by molar-refractivity contribution is -0.166. The van der Waals surface area contributed by atoms with E-state index in [2.05, 4.69) is 51.2 Å². The van der Waals surface area contributed by atoms with Crippen LogP contribution in [0.4, 0.5) is 0 Å². The highest BCUT2D eigenvalue weighted by Gasteiger charge is 2.19. The van der Waals surface area contributed by atoms with Gasteiger partial charge in [-0.2, -0.15) is 0 Å². The van der Waals surface area contributed by atoms with Crippen LogP contribution >= 0.6 is 0 Å². The first-order valence-electron chi connectivity index (χ1n) is 22.5. The second-order valence-electron chi connectivity index (χ2n) is 15.0. The van der Waals surface area contributed by atoms with E-state index >= 15 is 0 Å². The fraction of sp³-hybridized carbons (Fsp3) is 0.809. The molecule has 0 aliphatic rings. The Bertz CT molecular complexity index is 907. The van der Waals surface area contributed by atoms with Crippen molar-refractivity contribution in [2.24, 2.45) is 0 Å². The highest BCUT2D eigenvalue weighted by molar-refractivity contribution is 5.71. The Morgan fingerprint density at radius 2 is 0.717 bits per heavy atom. The summed E-state index contributed by atoms with van der Waals surface area (Å²) in [5.41, 5.74) is 0. The molecule has 0 aromatic rings. The Morgan fingerprint density at radius 1 is 0.377 bits per heavy atom. The highest BCUT2D eigenvalue weighted by atomic mass is 16.6. The third-order valence-corrected chi connectivity index (χ3v) is 9.63. The predicted octanol–water partition coefficient (Wildman–Crippen LogP) is 14.2. The van der Waals surface area contributed by atoms with Crippen molar-refractivity contribution in [3.8, 4) is 0 Å². The maximum absolute atomic E-state index is 12.7. The zero-order chi connectivity index (χ0) is 38.7. The number of carbonyl (C=O) groups excluding carboxylic acids is 3. The van der Waals surface area contributed by atoms with E-state index in [0.29, 0.717) is 19.3 Å². The Hall–Kier alpha value is -2.37. The average molecular weight is 745 g/mol. The molecule has 0 aromatic heterocycles. The van der Waals surface area contributed by atoms with E-state index in [9.17, 15) is 14.4 Å². The Morgan fingerprint density at radius 3 is 1.21 bits per heavy atom. The van der Waals surface area contributed by atoms with Crippen molar-refractivity contribution in [3.63, 3.8) is 0 Å². The molecule has 0 aliphatic heterocycles. The van der Waals surface area contributed by atoms with Gasteiger partial charge in [0.1, 0.15) is 13.2 Å². The van der Waals surface area contributed by atoms with Crippen LogP contribution in [-0.4, -0.2) is 37.2 Å². The summed E-state index contributed by atoms with van der Waals surface area (Å²) < 4.78 is 16.6. The lowest BCUT2D eigenvalue weighted by atomic mass is 10.1. The Balaban J connectivity index is 4.45. The number of rotatable bonds is 40. The molecular formula is C47H84O6. The first-order valence-corrected chi connectivity index (χ1v) is 22.5. The molecule has 0 aromatic carbocycles. The lowest BCUT2D eigenvalue weighted by Crippen LogP contribution is -2.30. The molecule has 0 saturated heterocycles. The number of esters is 3. The quantitative estimate of drug-likeness (QED) is 0.0269.